The minimum absolute atomic E-state index is 0.0587. The van der Waals surface area contributed by atoms with E-state index in [1.54, 1.807) is 0 Å². The van der Waals surface area contributed by atoms with E-state index in [-0.39, 0.29) is 11.9 Å². The lowest BCUT2D eigenvalue weighted by Crippen LogP contribution is -2.50. The van der Waals surface area contributed by atoms with Crippen molar-refractivity contribution in [2.45, 2.75) is 18.9 Å². The Labute approximate surface area is 102 Å². The van der Waals surface area contributed by atoms with E-state index in [4.69, 9.17) is 9.47 Å². The van der Waals surface area contributed by atoms with Gasteiger partial charge in [0.1, 0.15) is 0 Å². The van der Waals surface area contributed by atoms with Crippen LogP contribution in [-0.4, -0.2) is 63.0 Å². The molecule has 0 unspecified atom stereocenters. The van der Waals surface area contributed by atoms with Crippen molar-refractivity contribution in [2.75, 3.05) is 46.1 Å². The molecule has 0 atom stereocenters. The van der Waals surface area contributed by atoms with E-state index >= 15 is 0 Å². The molecule has 1 amide bonds. The third kappa shape index (κ3) is 4.59. The van der Waals surface area contributed by atoms with Crippen LogP contribution in [0.4, 0.5) is 0 Å². The highest BCUT2D eigenvalue weighted by molar-refractivity contribution is 5.78. The lowest BCUT2D eigenvalue weighted by atomic mass is 10.1. The van der Waals surface area contributed by atoms with E-state index in [0.717, 1.165) is 52.4 Å². The summed E-state index contributed by atoms with van der Waals surface area (Å²) in [5.74, 6) is 0.0587. The highest BCUT2D eigenvalue weighted by atomic mass is 16.5. The summed E-state index contributed by atoms with van der Waals surface area (Å²) < 4.78 is 10.5. The third-order valence-electron chi connectivity index (χ3n) is 3.06. The molecule has 2 saturated heterocycles. The average molecular weight is 243 g/mol. The number of carbonyl (C=O) groups is 1. The van der Waals surface area contributed by atoms with Crippen LogP contribution in [0.15, 0.2) is 0 Å². The van der Waals surface area contributed by atoms with Crippen LogP contribution in [0, 0.1) is 0 Å². The van der Waals surface area contributed by atoms with Gasteiger partial charge in [0.05, 0.1) is 19.8 Å². The summed E-state index contributed by atoms with van der Waals surface area (Å²) in [6, 6.07) is 0.280. The molecule has 2 heterocycles. The fourth-order valence-electron chi connectivity index (χ4n) is 2.03. The van der Waals surface area contributed by atoms with Gasteiger partial charge in [-0.2, -0.15) is 0 Å². The van der Waals surface area contributed by atoms with Crippen LogP contribution in [-0.2, 0) is 14.3 Å². The van der Waals surface area contributed by atoms with Crippen molar-refractivity contribution in [3.63, 3.8) is 0 Å². The van der Waals surface area contributed by atoms with Gasteiger partial charge in [0.25, 0.3) is 0 Å². The molecule has 0 aromatic carbocycles. The fourth-order valence-corrected chi connectivity index (χ4v) is 2.03. The molecule has 0 aromatic rings. The van der Waals surface area contributed by atoms with Crippen molar-refractivity contribution < 1.29 is 14.3 Å². The molecule has 6 nitrogen and oxygen atoms in total. The summed E-state index contributed by atoms with van der Waals surface area (Å²) in [6.07, 6.45) is 1.84. The predicted octanol–water partition coefficient (Wildman–Crippen LogP) is -0.882. The molecule has 2 aliphatic rings. The van der Waals surface area contributed by atoms with Crippen LogP contribution in [0.2, 0.25) is 0 Å². The number of hydrazine groups is 1. The van der Waals surface area contributed by atoms with E-state index in [1.807, 2.05) is 5.01 Å². The standard InChI is InChI=1S/C11H21N3O3/c15-11(13-10-1-5-16-6-2-10)9-12-14-3-7-17-8-4-14/h10,12H,1-9H2,(H,13,15). The SMILES string of the molecule is O=C(CNN1CCOCC1)NC1CCOCC1. The maximum atomic E-state index is 11.7. The molecule has 98 valence electrons. The predicted molar refractivity (Wildman–Crippen MR) is 62.4 cm³/mol. The van der Waals surface area contributed by atoms with Gasteiger partial charge in [-0.3, -0.25) is 4.79 Å². The summed E-state index contributed by atoms with van der Waals surface area (Å²) in [5.41, 5.74) is 3.12. The fraction of sp³-hybridized carbons (Fsp3) is 0.909. The summed E-state index contributed by atoms with van der Waals surface area (Å²) in [6.45, 7) is 4.99. The summed E-state index contributed by atoms with van der Waals surface area (Å²) in [5, 5.41) is 5.05. The van der Waals surface area contributed by atoms with Crippen molar-refractivity contribution >= 4 is 5.91 Å². The van der Waals surface area contributed by atoms with Gasteiger partial charge >= 0.3 is 0 Å². The van der Waals surface area contributed by atoms with Crippen LogP contribution in [0.1, 0.15) is 12.8 Å². The van der Waals surface area contributed by atoms with E-state index < -0.39 is 0 Å². The molecular formula is C11H21N3O3. The van der Waals surface area contributed by atoms with E-state index in [0.29, 0.717) is 6.54 Å². The summed E-state index contributed by atoms with van der Waals surface area (Å²) in [4.78, 5) is 11.7. The Bertz CT molecular complexity index is 238. The zero-order chi connectivity index (χ0) is 11.9. The van der Waals surface area contributed by atoms with Crippen molar-refractivity contribution in [2.24, 2.45) is 0 Å². The molecule has 17 heavy (non-hydrogen) atoms. The highest BCUT2D eigenvalue weighted by Gasteiger charge is 2.16. The van der Waals surface area contributed by atoms with Crippen molar-refractivity contribution in [1.29, 1.82) is 0 Å². The quantitative estimate of drug-likeness (QED) is 0.671. The molecule has 0 saturated carbocycles. The largest absolute Gasteiger partial charge is 0.381 e. The Kier molecular flexibility index (Phi) is 5.18. The topological polar surface area (TPSA) is 62.8 Å². The number of carbonyl (C=O) groups excluding carboxylic acids is 1. The average Bonchev–Trinajstić information content (AvgIpc) is 2.39. The van der Waals surface area contributed by atoms with Gasteiger partial charge in [0.2, 0.25) is 5.91 Å². The third-order valence-corrected chi connectivity index (χ3v) is 3.06. The first-order valence-electron chi connectivity index (χ1n) is 6.28. The van der Waals surface area contributed by atoms with Crippen LogP contribution in [0.5, 0.6) is 0 Å². The monoisotopic (exact) mass is 243 g/mol. The number of rotatable bonds is 4. The zero-order valence-electron chi connectivity index (χ0n) is 10.1. The molecule has 0 bridgehead atoms. The number of ether oxygens (including phenoxy) is 2. The van der Waals surface area contributed by atoms with Gasteiger partial charge in [-0.1, -0.05) is 0 Å². The first-order valence-corrected chi connectivity index (χ1v) is 6.28. The molecule has 2 aliphatic heterocycles. The van der Waals surface area contributed by atoms with Gasteiger partial charge in [-0.15, -0.1) is 0 Å². The molecule has 2 N–H and O–H groups in total. The van der Waals surface area contributed by atoms with E-state index in [2.05, 4.69) is 10.7 Å². The van der Waals surface area contributed by atoms with E-state index in [9.17, 15) is 4.79 Å². The first kappa shape index (κ1) is 12.8. The normalized spacial score (nSPS) is 23.5. The Hall–Kier alpha value is -0.690. The number of nitrogens with zero attached hydrogens (tertiary/aromatic N) is 1. The summed E-state index contributed by atoms with van der Waals surface area (Å²) >= 11 is 0. The van der Waals surface area contributed by atoms with Crippen LogP contribution in [0.3, 0.4) is 0 Å². The van der Waals surface area contributed by atoms with Gasteiger partial charge in [-0.25, -0.2) is 10.4 Å². The number of amides is 1. The van der Waals surface area contributed by atoms with E-state index in [1.165, 1.54) is 0 Å². The highest BCUT2D eigenvalue weighted by Crippen LogP contribution is 2.05. The second kappa shape index (κ2) is 6.90. The Morgan fingerprint density at radius 2 is 1.76 bits per heavy atom. The Morgan fingerprint density at radius 1 is 1.12 bits per heavy atom. The molecule has 0 radical (unpaired) electrons. The minimum atomic E-state index is 0.0587. The van der Waals surface area contributed by atoms with Crippen molar-refractivity contribution in [3.05, 3.63) is 0 Å². The lowest BCUT2D eigenvalue weighted by Gasteiger charge is -2.28. The van der Waals surface area contributed by atoms with Crippen molar-refractivity contribution in [3.8, 4) is 0 Å². The van der Waals surface area contributed by atoms with Gasteiger partial charge in [-0.05, 0) is 12.8 Å². The van der Waals surface area contributed by atoms with Gasteiger partial charge < -0.3 is 14.8 Å². The molecule has 0 aliphatic carbocycles. The van der Waals surface area contributed by atoms with Crippen LogP contribution < -0.4 is 10.7 Å². The molecule has 2 rings (SSSR count). The first-order chi connectivity index (χ1) is 8.34. The second-order valence-corrected chi connectivity index (χ2v) is 4.39. The lowest BCUT2D eigenvalue weighted by molar-refractivity contribution is -0.122. The van der Waals surface area contributed by atoms with Gasteiger partial charge in [0, 0.05) is 32.3 Å². The maximum absolute atomic E-state index is 11.7. The Morgan fingerprint density at radius 3 is 2.47 bits per heavy atom. The van der Waals surface area contributed by atoms with Gasteiger partial charge in [0.15, 0.2) is 0 Å². The smallest absolute Gasteiger partial charge is 0.235 e. The van der Waals surface area contributed by atoms with Crippen LogP contribution in [0.25, 0.3) is 0 Å². The number of nitrogens with one attached hydrogen (secondary N) is 2. The minimum Gasteiger partial charge on any atom is -0.381 e. The number of hydrogen-bond donors (Lipinski definition) is 2. The number of morpholine rings is 1. The summed E-state index contributed by atoms with van der Waals surface area (Å²) in [7, 11) is 0. The number of hydrogen-bond acceptors (Lipinski definition) is 5. The second-order valence-electron chi connectivity index (χ2n) is 4.39. The molecular weight excluding hydrogens is 222 g/mol. The maximum Gasteiger partial charge on any atom is 0.235 e. The molecule has 0 aromatic heterocycles. The molecule has 2 fully saturated rings. The molecule has 6 heteroatoms. The van der Waals surface area contributed by atoms with Crippen LogP contribution >= 0.6 is 0 Å². The zero-order valence-corrected chi connectivity index (χ0v) is 10.1. The molecule has 0 spiro atoms. The Balaban J connectivity index is 1.59. The van der Waals surface area contributed by atoms with Crippen molar-refractivity contribution in [1.82, 2.24) is 15.8 Å².